The second-order valence-electron chi connectivity index (χ2n) is 4.80. The van der Waals surface area contributed by atoms with Crippen LogP contribution in [0.5, 0.6) is 0 Å². The van der Waals surface area contributed by atoms with E-state index in [1.807, 2.05) is 13.1 Å². The average Bonchev–Trinajstić information content (AvgIpc) is 2.82. The van der Waals surface area contributed by atoms with Gasteiger partial charge in [0.2, 0.25) is 0 Å². The fourth-order valence-corrected chi connectivity index (χ4v) is 1.86. The van der Waals surface area contributed by atoms with Gasteiger partial charge in [-0.05, 0) is 24.3 Å². The number of carbonyl (C=O) groups is 1. The van der Waals surface area contributed by atoms with Crippen LogP contribution in [0.1, 0.15) is 16.1 Å². The zero-order chi connectivity index (χ0) is 14.7. The average molecular weight is 273 g/mol. The predicted octanol–water partition coefficient (Wildman–Crippen LogP) is 1.32. The number of aromatic nitrogens is 2. The Kier molecular flexibility index (Phi) is 3.93. The minimum absolute atomic E-state index is 0.0476. The van der Waals surface area contributed by atoms with Crippen molar-refractivity contribution >= 4 is 17.3 Å². The van der Waals surface area contributed by atoms with Crippen LogP contribution in [-0.4, -0.2) is 34.7 Å². The van der Waals surface area contributed by atoms with E-state index in [-0.39, 0.29) is 5.91 Å². The van der Waals surface area contributed by atoms with Crippen molar-refractivity contribution in [3.8, 4) is 0 Å². The molecule has 2 aromatic rings. The second kappa shape index (κ2) is 5.64. The van der Waals surface area contributed by atoms with E-state index < -0.39 is 0 Å². The van der Waals surface area contributed by atoms with Crippen LogP contribution < -0.4 is 11.1 Å². The summed E-state index contributed by atoms with van der Waals surface area (Å²) in [5, 5.41) is 7.34. The van der Waals surface area contributed by atoms with Crippen LogP contribution in [0.2, 0.25) is 0 Å². The molecular weight excluding hydrogens is 254 g/mol. The normalized spacial score (nSPS) is 10.3. The maximum atomic E-state index is 11.9. The van der Waals surface area contributed by atoms with E-state index in [1.54, 1.807) is 43.2 Å². The second-order valence-corrected chi connectivity index (χ2v) is 4.80. The SMILES string of the molecule is CN(C)C(=O)c1ccc(N)c(NCc2ccnn2C)c1. The van der Waals surface area contributed by atoms with Gasteiger partial charge < -0.3 is 16.0 Å². The lowest BCUT2D eigenvalue weighted by Crippen LogP contribution is -2.21. The number of nitrogens with two attached hydrogens (primary N) is 1. The number of amides is 1. The van der Waals surface area contributed by atoms with Gasteiger partial charge in [0.1, 0.15) is 0 Å². The molecule has 0 saturated heterocycles. The molecule has 0 aliphatic heterocycles. The molecule has 3 N–H and O–H groups in total. The van der Waals surface area contributed by atoms with E-state index in [1.165, 1.54) is 4.90 Å². The molecule has 6 nitrogen and oxygen atoms in total. The molecule has 0 aliphatic carbocycles. The number of anilines is 2. The van der Waals surface area contributed by atoms with Gasteiger partial charge in [-0.2, -0.15) is 5.10 Å². The third-order valence-corrected chi connectivity index (χ3v) is 3.09. The van der Waals surface area contributed by atoms with Crippen LogP contribution in [0, 0.1) is 0 Å². The summed E-state index contributed by atoms with van der Waals surface area (Å²) in [6, 6.07) is 7.17. The van der Waals surface area contributed by atoms with Crippen molar-refractivity contribution in [1.29, 1.82) is 0 Å². The summed E-state index contributed by atoms with van der Waals surface area (Å²) in [4.78, 5) is 13.5. The van der Waals surface area contributed by atoms with Crippen LogP contribution in [0.4, 0.5) is 11.4 Å². The number of nitrogen functional groups attached to an aromatic ring is 1. The Balaban J connectivity index is 2.17. The van der Waals surface area contributed by atoms with Crippen molar-refractivity contribution in [1.82, 2.24) is 14.7 Å². The molecule has 1 aromatic carbocycles. The molecule has 1 heterocycles. The molecule has 0 atom stereocenters. The molecule has 0 saturated carbocycles. The topological polar surface area (TPSA) is 76.2 Å². The van der Waals surface area contributed by atoms with Crippen LogP contribution in [0.25, 0.3) is 0 Å². The smallest absolute Gasteiger partial charge is 0.253 e. The Hall–Kier alpha value is -2.50. The summed E-state index contributed by atoms with van der Waals surface area (Å²) in [5.74, 6) is -0.0476. The monoisotopic (exact) mass is 273 g/mol. The van der Waals surface area contributed by atoms with Crippen LogP contribution >= 0.6 is 0 Å². The molecule has 1 aromatic heterocycles. The summed E-state index contributed by atoms with van der Waals surface area (Å²) >= 11 is 0. The summed E-state index contributed by atoms with van der Waals surface area (Å²) in [6.45, 7) is 0.598. The van der Waals surface area contributed by atoms with Crippen LogP contribution in [0.15, 0.2) is 30.5 Å². The first-order chi connectivity index (χ1) is 9.49. The Morgan fingerprint density at radius 2 is 2.15 bits per heavy atom. The number of hydrogen-bond acceptors (Lipinski definition) is 4. The lowest BCUT2D eigenvalue weighted by Gasteiger charge is -2.14. The number of nitrogens with zero attached hydrogens (tertiary/aromatic N) is 3. The first-order valence-electron chi connectivity index (χ1n) is 6.31. The van der Waals surface area contributed by atoms with E-state index >= 15 is 0 Å². The van der Waals surface area contributed by atoms with Crippen molar-refractivity contribution in [2.24, 2.45) is 7.05 Å². The summed E-state index contributed by atoms with van der Waals surface area (Å²) in [7, 11) is 5.33. The number of hydrogen-bond donors (Lipinski definition) is 2. The van der Waals surface area contributed by atoms with Gasteiger partial charge in [-0.15, -0.1) is 0 Å². The van der Waals surface area contributed by atoms with Crippen molar-refractivity contribution < 1.29 is 4.79 Å². The molecule has 0 bridgehead atoms. The summed E-state index contributed by atoms with van der Waals surface area (Å²) in [5.41, 5.74) is 8.94. The Bertz CT molecular complexity index is 618. The Morgan fingerprint density at radius 1 is 1.40 bits per heavy atom. The minimum atomic E-state index is -0.0476. The van der Waals surface area contributed by atoms with Gasteiger partial charge in [0, 0.05) is 32.9 Å². The molecule has 0 aliphatic rings. The Morgan fingerprint density at radius 3 is 2.75 bits per heavy atom. The molecule has 0 spiro atoms. The molecular formula is C14H19N5O. The van der Waals surface area contributed by atoms with E-state index in [0.717, 1.165) is 11.4 Å². The largest absolute Gasteiger partial charge is 0.397 e. The number of benzene rings is 1. The van der Waals surface area contributed by atoms with Gasteiger partial charge in [0.15, 0.2) is 0 Å². The predicted molar refractivity (Wildman–Crippen MR) is 79.4 cm³/mol. The number of rotatable bonds is 4. The first kappa shape index (κ1) is 13.9. The van der Waals surface area contributed by atoms with E-state index in [4.69, 9.17) is 5.73 Å². The lowest BCUT2D eigenvalue weighted by molar-refractivity contribution is 0.0827. The van der Waals surface area contributed by atoms with Crippen molar-refractivity contribution in [2.75, 3.05) is 25.1 Å². The summed E-state index contributed by atoms with van der Waals surface area (Å²) < 4.78 is 1.79. The van der Waals surface area contributed by atoms with Crippen molar-refractivity contribution in [3.05, 3.63) is 41.7 Å². The zero-order valence-corrected chi connectivity index (χ0v) is 11.9. The highest BCUT2D eigenvalue weighted by molar-refractivity contribution is 5.95. The molecule has 0 radical (unpaired) electrons. The van der Waals surface area contributed by atoms with Crippen LogP contribution in [-0.2, 0) is 13.6 Å². The molecule has 106 valence electrons. The lowest BCUT2D eigenvalue weighted by atomic mass is 10.1. The molecule has 6 heteroatoms. The zero-order valence-electron chi connectivity index (χ0n) is 11.9. The highest BCUT2D eigenvalue weighted by Gasteiger charge is 2.10. The van der Waals surface area contributed by atoms with Gasteiger partial charge in [0.25, 0.3) is 5.91 Å². The minimum Gasteiger partial charge on any atom is -0.397 e. The number of nitrogens with one attached hydrogen (secondary N) is 1. The highest BCUT2D eigenvalue weighted by Crippen LogP contribution is 2.21. The van der Waals surface area contributed by atoms with Crippen molar-refractivity contribution in [2.45, 2.75) is 6.54 Å². The molecule has 20 heavy (non-hydrogen) atoms. The van der Waals surface area contributed by atoms with E-state index in [9.17, 15) is 4.79 Å². The molecule has 0 fully saturated rings. The third-order valence-electron chi connectivity index (χ3n) is 3.09. The van der Waals surface area contributed by atoms with Gasteiger partial charge in [0.05, 0.1) is 23.6 Å². The van der Waals surface area contributed by atoms with E-state index in [0.29, 0.717) is 17.8 Å². The fraction of sp³-hybridized carbons (Fsp3) is 0.286. The maximum absolute atomic E-state index is 11.9. The van der Waals surface area contributed by atoms with Gasteiger partial charge >= 0.3 is 0 Å². The molecule has 1 amide bonds. The van der Waals surface area contributed by atoms with Crippen LogP contribution in [0.3, 0.4) is 0 Å². The third kappa shape index (κ3) is 2.90. The van der Waals surface area contributed by atoms with Gasteiger partial charge in [-0.3, -0.25) is 9.48 Å². The molecule has 0 unspecified atom stereocenters. The Labute approximate surface area is 118 Å². The first-order valence-corrected chi connectivity index (χ1v) is 6.31. The van der Waals surface area contributed by atoms with Gasteiger partial charge in [-0.25, -0.2) is 0 Å². The number of carbonyl (C=O) groups excluding carboxylic acids is 1. The maximum Gasteiger partial charge on any atom is 0.253 e. The summed E-state index contributed by atoms with van der Waals surface area (Å²) in [6.07, 6.45) is 1.74. The standard InChI is InChI=1S/C14H19N5O/c1-18(2)14(20)10-4-5-12(15)13(8-10)16-9-11-6-7-17-19(11)3/h4-8,16H,9,15H2,1-3H3. The molecule has 2 rings (SSSR count). The van der Waals surface area contributed by atoms with E-state index in [2.05, 4.69) is 10.4 Å². The fourth-order valence-electron chi connectivity index (χ4n) is 1.86. The quantitative estimate of drug-likeness (QED) is 0.824. The number of aryl methyl sites for hydroxylation is 1. The van der Waals surface area contributed by atoms with Gasteiger partial charge in [-0.1, -0.05) is 0 Å². The highest BCUT2D eigenvalue weighted by atomic mass is 16.2. The van der Waals surface area contributed by atoms with Crippen molar-refractivity contribution in [3.63, 3.8) is 0 Å².